The molecule has 0 spiro atoms. The monoisotopic (exact) mass is 499 g/mol. The standard InChI is InChI=1S/C26H42ClNO4S/c1-25(2,3)32-24(29)15-13-18-10-8-9-11-19-16-23(31-7)21(27)17-20(19)22(14-12-18)28-33(30)26(4,5)6/h16-18,22,28H,8-15H2,1-7H3/t18?,22-,33?/m0/s1. The van der Waals surface area contributed by atoms with Crippen molar-refractivity contribution in [3.8, 4) is 5.75 Å². The molecule has 7 heteroatoms. The highest BCUT2D eigenvalue weighted by atomic mass is 35.5. The number of benzene rings is 1. The molecule has 2 unspecified atom stereocenters. The SMILES string of the molecule is COc1cc2c(cc1Cl)[C@@H](N[S+]([O-])C(C)(C)C)CCC(CCC(=O)OC(C)(C)C)CCCC2. The third-order valence-corrected chi connectivity index (χ3v) is 7.85. The fourth-order valence-electron chi connectivity index (χ4n) is 4.19. The number of halogens is 1. The van der Waals surface area contributed by atoms with Gasteiger partial charge in [-0.25, -0.2) is 0 Å². The summed E-state index contributed by atoms with van der Waals surface area (Å²) in [7, 11) is 1.63. The lowest BCUT2D eigenvalue weighted by molar-refractivity contribution is -0.155. The third kappa shape index (κ3) is 9.31. The van der Waals surface area contributed by atoms with Crippen molar-refractivity contribution in [3.63, 3.8) is 0 Å². The lowest BCUT2D eigenvalue weighted by Crippen LogP contribution is -2.41. The number of esters is 1. The number of hydrogen-bond acceptors (Lipinski definition) is 5. The van der Waals surface area contributed by atoms with Crippen LogP contribution in [0.2, 0.25) is 5.02 Å². The van der Waals surface area contributed by atoms with Gasteiger partial charge in [0, 0.05) is 17.8 Å². The minimum Gasteiger partial charge on any atom is -0.598 e. The van der Waals surface area contributed by atoms with Crippen molar-refractivity contribution in [3.05, 3.63) is 28.3 Å². The zero-order chi connectivity index (χ0) is 24.8. The van der Waals surface area contributed by atoms with Crippen LogP contribution >= 0.6 is 11.6 Å². The first-order valence-corrected chi connectivity index (χ1v) is 13.6. The number of ether oxygens (including phenoxy) is 2. The molecule has 1 N–H and O–H groups in total. The zero-order valence-corrected chi connectivity index (χ0v) is 23.0. The Kier molecular flexibility index (Phi) is 10.4. The highest BCUT2D eigenvalue weighted by Gasteiger charge is 2.32. The number of nitrogens with one attached hydrogen (secondary N) is 1. The Morgan fingerprint density at radius 3 is 2.45 bits per heavy atom. The predicted molar refractivity (Wildman–Crippen MR) is 137 cm³/mol. The average molecular weight is 500 g/mol. The van der Waals surface area contributed by atoms with E-state index in [4.69, 9.17) is 21.1 Å². The normalized spacial score (nSPS) is 21.1. The van der Waals surface area contributed by atoms with Crippen LogP contribution in [0.3, 0.4) is 0 Å². The van der Waals surface area contributed by atoms with Crippen LogP contribution < -0.4 is 9.46 Å². The molecule has 1 aromatic carbocycles. The molecule has 1 aromatic rings. The van der Waals surface area contributed by atoms with Crippen molar-refractivity contribution >= 4 is 28.9 Å². The first-order chi connectivity index (χ1) is 15.3. The van der Waals surface area contributed by atoms with E-state index in [0.717, 1.165) is 50.5 Å². The number of fused-ring (bicyclic) bond motifs is 1. The molecule has 0 saturated heterocycles. The highest BCUT2D eigenvalue weighted by molar-refractivity contribution is 7.90. The van der Waals surface area contributed by atoms with E-state index in [1.54, 1.807) is 7.11 Å². The largest absolute Gasteiger partial charge is 0.598 e. The maximum absolute atomic E-state index is 13.0. The molecule has 0 saturated carbocycles. The molecule has 0 amide bonds. The van der Waals surface area contributed by atoms with Crippen molar-refractivity contribution in [2.75, 3.05) is 7.11 Å². The lowest BCUT2D eigenvalue weighted by atomic mass is 9.85. The summed E-state index contributed by atoms with van der Waals surface area (Å²) in [6.45, 7) is 11.6. The van der Waals surface area contributed by atoms with Crippen LogP contribution in [-0.4, -0.2) is 28.0 Å². The fourth-order valence-corrected chi connectivity index (χ4v) is 5.30. The summed E-state index contributed by atoms with van der Waals surface area (Å²) in [5.41, 5.74) is 1.85. The van der Waals surface area contributed by atoms with Crippen molar-refractivity contribution in [1.29, 1.82) is 0 Å². The second kappa shape index (κ2) is 12.1. The molecule has 5 nitrogen and oxygen atoms in total. The topological polar surface area (TPSA) is 70.6 Å². The van der Waals surface area contributed by atoms with E-state index in [2.05, 4.69) is 4.72 Å². The molecule has 1 aliphatic carbocycles. The first kappa shape index (κ1) is 28.3. The summed E-state index contributed by atoms with van der Waals surface area (Å²) >= 11 is 5.29. The Bertz CT molecular complexity index is 788. The fraction of sp³-hybridized carbons (Fsp3) is 0.731. The second-order valence-corrected chi connectivity index (χ2v) is 13.5. The van der Waals surface area contributed by atoms with Gasteiger partial charge in [0.25, 0.3) is 0 Å². The first-order valence-electron chi connectivity index (χ1n) is 12.1. The molecular formula is C26H42ClNO4S. The number of hydrogen-bond donors (Lipinski definition) is 1. The van der Waals surface area contributed by atoms with Crippen LogP contribution in [0.15, 0.2) is 12.1 Å². The van der Waals surface area contributed by atoms with Crippen molar-refractivity contribution in [2.45, 2.75) is 109 Å². The van der Waals surface area contributed by atoms with Gasteiger partial charge in [-0.15, -0.1) is 4.72 Å². The summed E-state index contributed by atoms with van der Waals surface area (Å²) in [6, 6.07) is 3.93. The molecule has 0 aliphatic heterocycles. The second-order valence-electron chi connectivity index (χ2n) is 11.1. The maximum Gasteiger partial charge on any atom is 0.306 e. The van der Waals surface area contributed by atoms with Crippen molar-refractivity contribution in [2.24, 2.45) is 5.92 Å². The number of carbonyl (C=O) groups excluding carboxylic acids is 1. The van der Waals surface area contributed by atoms with Crippen LogP contribution in [0.4, 0.5) is 0 Å². The van der Waals surface area contributed by atoms with Crippen LogP contribution in [-0.2, 0) is 27.3 Å². The van der Waals surface area contributed by atoms with Gasteiger partial charge in [-0.3, -0.25) is 4.79 Å². The smallest absolute Gasteiger partial charge is 0.306 e. The van der Waals surface area contributed by atoms with E-state index in [1.165, 1.54) is 5.56 Å². The summed E-state index contributed by atoms with van der Waals surface area (Å²) in [4.78, 5) is 12.3. The third-order valence-electron chi connectivity index (χ3n) is 5.94. The van der Waals surface area contributed by atoms with Crippen molar-refractivity contribution in [1.82, 2.24) is 4.72 Å². The molecule has 33 heavy (non-hydrogen) atoms. The van der Waals surface area contributed by atoms with E-state index >= 15 is 0 Å². The molecule has 1 aliphatic rings. The van der Waals surface area contributed by atoms with Gasteiger partial charge in [0.2, 0.25) is 0 Å². The number of carbonyl (C=O) groups is 1. The molecule has 188 valence electrons. The van der Waals surface area contributed by atoms with E-state index in [9.17, 15) is 9.35 Å². The van der Waals surface area contributed by atoms with Crippen LogP contribution in [0, 0.1) is 5.92 Å². The Hall–Kier alpha value is -0.950. The zero-order valence-electron chi connectivity index (χ0n) is 21.4. The molecule has 0 heterocycles. The van der Waals surface area contributed by atoms with Crippen LogP contribution in [0.1, 0.15) is 104 Å². The predicted octanol–water partition coefficient (Wildman–Crippen LogP) is 6.69. The van der Waals surface area contributed by atoms with Gasteiger partial charge >= 0.3 is 5.97 Å². The van der Waals surface area contributed by atoms with Gasteiger partial charge in [-0.1, -0.05) is 24.4 Å². The molecule has 0 fully saturated rings. The van der Waals surface area contributed by atoms with Gasteiger partial charge in [0.15, 0.2) is 0 Å². The molecule has 3 atom stereocenters. The van der Waals surface area contributed by atoms with Gasteiger partial charge in [0.1, 0.15) is 16.1 Å². The lowest BCUT2D eigenvalue weighted by Gasteiger charge is -2.31. The maximum atomic E-state index is 13.0. The van der Waals surface area contributed by atoms with Gasteiger partial charge in [-0.2, -0.15) is 0 Å². The Morgan fingerprint density at radius 1 is 1.15 bits per heavy atom. The minimum atomic E-state index is -1.21. The molecule has 0 bridgehead atoms. The van der Waals surface area contributed by atoms with Gasteiger partial charge < -0.3 is 14.0 Å². The Morgan fingerprint density at radius 2 is 1.85 bits per heavy atom. The summed E-state index contributed by atoms with van der Waals surface area (Å²) in [5.74, 6) is 0.978. The minimum absolute atomic E-state index is 0.0782. The molecule has 2 rings (SSSR count). The van der Waals surface area contributed by atoms with E-state index in [0.29, 0.717) is 23.1 Å². The van der Waals surface area contributed by atoms with Crippen LogP contribution in [0.5, 0.6) is 5.75 Å². The highest BCUT2D eigenvalue weighted by Crippen LogP contribution is 2.37. The Balaban J connectivity index is 2.23. The van der Waals surface area contributed by atoms with Gasteiger partial charge in [-0.05, 0) is 103 Å². The van der Waals surface area contributed by atoms with Gasteiger partial charge in [0.05, 0.1) is 18.2 Å². The van der Waals surface area contributed by atoms with Crippen molar-refractivity contribution < 1.29 is 18.8 Å². The summed E-state index contributed by atoms with van der Waals surface area (Å²) in [5, 5.41) is 0.572. The Labute approximate surface area is 208 Å². The van der Waals surface area contributed by atoms with Crippen LogP contribution in [0.25, 0.3) is 0 Å². The molecule has 0 aromatic heterocycles. The average Bonchev–Trinajstić information content (AvgIpc) is 2.69. The number of methoxy groups -OCH3 is 1. The van der Waals surface area contributed by atoms with E-state index in [-0.39, 0.29) is 16.8 Å². The summed E-state index contributed by atoms with van der Waals surface area (Å²) < 4.78 is 27.0. The molecule has 0 radical (unpaired) electrons. The number of aryl methyl sites for hydroxylation is 1. The number of rotatable bonds is 6. The van der Waals surface area contributed by atoms with E-state index < -0.39 is 17.0 Å². The summed E-state index contributed by atoms with van der Waals surface area (Å²) in [6.07, 6.45) is 7.19. The molecular weight excluding hydrogens is 458 g/mol. The quantitative estimate of drug-likeness (QED) is 0.349. The van der Waals surface area contributed by atoms with E-state index in [1.807, 2.05) is 53.7 Å².